The summed E-state index contributed by atoms with van der Waals surface area (Å²) in [5.74, 6) is -12.1. The molecule has 0 aliphatic carbocycles. The maximum Gasteiger partial charge on any atom is 0.368 e. The van der Waals surface area contributed by atoms with E-state index < -0.39 is 48.3 Å². The Balaban J connectivity index is 2.50. The van der Waals surface area contributed by atoms with Crippen LogP contribution in [0.4, 0.5) is 46.5 Å². The molecule has 142 valence electrons. The van der Waals surface area contributed by atoms with E-state index in [2.05, 4.69) is 10.3 Å². The minimum Gasteiger partial charge on any atom is -0.357 e. The van der Waals surface area contributed by atoms with Gasteiger partial charge in [0.05, 0.1) is 17.1 Å². The number of carbonyl (C=O) groups is 1. The van der Waals surface area contributed by atoms with Crippen LogP contribution in [0.2, 0.25) is 0 Å². The van der Waals surface area contributed by atoms with Gasteiger partial charge in [-0.05, 0) is 12.1 Å². The average Bonchev–Trinajstić information content (AvgIpc) is 2.73. The number of para-hydroxylation sites is 2. The Hall–Kier alpha value is -2.46. The van der Waals surface area contributed by atoms with E-state index in [4.69, 9.17) is 0 Å². The maximum atomic E-state index is 13.7. The quantitative estimate of drug-likeness (QED) is 0.582. The van der Waals surface area contributed by atoms with Gasteiger partial charge in [0.15, 0.2) is 0 Å². The molecular weight excluding hydrogens is 376 g/mol. The second-order valence-electron chi connectivity index (χ2n) is 5.26. The second-order valence-corrected chi connectivity index (χ2v) is 5.26. The van der Waals surface area contributed by atoms with Gasteiger partial charge in [-0.2, -0.15) is 17.6 Å². The highest BCUT2D eigenvalue weighted by Gasteiger charge is 2.49. The number of benzene rings is 1. The molecule has 0 spiro atoms. The lowest BCUT2D eigenvalue weighted by atomic mass is 10.1. The van der Waals surface area contributed by atoms with Crippen molar-refractivity contribution in [1.29, 1.82) is 0 Å². The number of allylic oxidation sites excluding steroid dienone is 2. The number of nitrogens with zero attached hydrogens (tertiary/aromatic N) is 1. The molecule has 26 heavy (non-hydrogen) atoms. The smallest absolute Gasteiger partial charge is 0.357 e. The number of anilines is 1. The summed E-state index contributed by atoms with van der Waals surface area (Å²) in [6.07, 6.45) is -9.62. The van der Waals surface area contributed by atoms with E-state index >= 15 is 0 Å². The molecule has 0 fully saturated rings. The number of hydrogen-bond acceptors (Lipinski definition) is 3. The van der Waals surface area contributed by atoms with Crippen LogP contribution >= 0.6 is 0 Å². The third-order valence-electron chi connectivity index (χ3n) is 3.38. The van der Waals surface area contributed by atoms with Crippen molar-refractivity contribution in [3.8, 4) is 0 Å². The lowest BCUT2D eigenvalue weighted by molar-refractivity contribution is -0.161. The van der Waals surface area contributed by atoms with Crippen LogP contribution in [0.25, 0.3) is 0 Å². The number of ketones is 1. The van der Waals surface area contributed by atoms with Gasteiger partial charge in [0.2, 0.25) is 5.78 Å². The molecule has 0 amide bonds. The van der Waals surface area contributed by atoms with Crippen LogP contribution < -0.4 is 5.32 Å². The molecule has 1 aliphatic rings. The molecule has 1 aliphatic heterocycles. The number of hydrogen-bond donors (Lipinski definition) is 1. The SMILES string of the molecule is O=C(C=C1CC(C(F)(F)C(F)F)=Nc2ccccc2N1)C(F)(F)C(F)F. The summed E-state index contributed by atoms with van der Waals surface area (Å²) < 4.78 is 103. The Labute approximate surface area is 141 Å². The molecule has 0 bridgehead atoms. The Morgan fingerprint density at radius 3 is 2.27 bits per heavy atom. The van der Waals surface area contributed by atoms with Gasteiger partial charge in [0.25, 0.3) is 0 Å². The van der Waals surface area contributed by atoms with E-state index in [1.54, 1.807) is 0 Å². The van der Waals surface area contributed by atoms with Crippen LogP contribution in [-0.4, -0.2) is 36.2 Å². The van der Waals surface area contributed by atoms with Crippen LogP contribution in [0.3, 0.4) is 0 Å². The van der Waals surface area contributed by atoms with Gasteiger partial charge in [0, 0.05) is 18.2 Å². The highest BCUT2D eigenvalue weighted by atomic mass is 19.3. The zero-order valence-electron chi connectivity index (χ0n) is 12.6. The van der Waals surface area contributed by atoms with E-state index in [-0.39, 0.29) is 17.5 Å². The fourth-order valence-electron chi connectivity index (χ4n) is 2.03. The Kier molecular flexibility index (Phi) is 5.38. The van der Waals surface area contributed by atoms with Gasteiger partial charge in [-0.1, -0.05) is 12.1 Å². The Bertz CT molecular complexity index is 758. The molecule has 1 N–H and O–H groups in total. The molecule has 1 heterocycles. The van der Waals surface area contributed by atoms with E-state index in [9.17, 15) is 39.9 Å². The standard InChI is InChI=1S/C15H10F8N2O/c16-12(17)14(20,21)10-5-7(6-11(26)15(22,23)13(18)19)24-8-3-1-2-4-9(8)25-10/h1-4,6,12-13,24H,5H2. The fourth-order valence-corrected chi connectivity index (χ4v) is 2.03. The largest absolute Gasteiger partial charge is 0.368 e. The van der Waals surface area contributed by atoms with Gasteiger partial charge in [-0.3, -0.25) is 4.79 Å². The predicted octanol–water partition coefficient (Wildman–Crippen LogP) is 4.83. The van der Waals surface area contributed by atoms with Crippen molar-refractivity contribution >= 4 is 22.9 Å². The first-order valence-electron chi connectivity index (χ1n) is 6.97. The van der Waals surface area contributed by atoms with E-state index in [1.165, 1.54) is 24.3 Å². The van der Waals surface area contributed by atoms with Crippen molar-refractivity contribution in [1.82, 2.24) is 0 Å². The average molecular weight is 386 g/mol. The normalized spacial score (nSPS) is 17.0. The van der Waals surface area contributed by atoms with Crippen molar-refractivity contribution in [3.05, 3.63) is 36.0 Å². The minimum atomic E-state index is -5.05. The summed E-state index contributed by atoms with van der Waals surface area (Å²) in [6, 6.07) is 5.19. The summed E-state index contributed by atoms with van der Waals surface area (Å²) in [6.45, 7) is 0. The van der Waals surface area contributed by atoms with Crippen LogP contribution in [-0.2, 0) is 4.79 Å². The molecule has 0 atom stereocenters. The third kappa shape index (κ3) is 3.86. The van der Waals surface area contributed by atoms with Gasteiger partial charge < -0.3 is 5.32 Å². The van der Waals surface area contributed by atoms with Gasteiger partial charge in [-0.15, -0.1) is 0 Å². The zero-order valence-corrected chi connectivity index (χ0v) is 12.6. The Morgan fingerprint density at radius 2 is 1.69 bits per heavy atom. The highest BCUT2D eigenvalue weighted by molar-refractivity contribution is 6.01. The van der Waals surface area contributed by atoms with E-state index in [0.29, 0.717) is 0 Å². The molecule has 0 saturated carbocycles. The summed E-state index contributed by atoms with van der Waals surface area (Å²) in [4.78, 5) is 14.8. The van der Waals surface area contributed by atoms with Crippen molar-refractivity contribution in [2.45, 2.75) is 31.1 Å². The first kappa shape index (κ1) is 19.9. The first-order chi connectivity index (χ1) is 12.0. The van der Waals surface area contributed by atoms with Crippen molar-refractivity contribution in [3.63, 3.8) is 0 Å². The zero-order chi connectivity index (χ0) is 19.7. The number of aliphatic imine (C=N–C) groups is 1. The number of alkyl halides is 8. The van der Waals surface area contributed by atoms with Gasteiger partial charge in [-0.25, -0.2) is 22.6 Å². The van der Waals surface area contributed by atoms with Gasteiger partial charge in [0.1, 0.15) is 0 Å². The van der Waals surface area contributed by atoms with Crippen molar-refractivity contribution in [2.24, 2.45) is 4.99 Å². The molecule has 0 radical (unpaired) electrons. The number of halogens is 8. The predicted molar refractivity (Wildman–Crippen MR) is 76.8 cm³/mol. The third-order valence-corrected chi connectivity index (χ3v) is 3.38. The Morgan fingerprint density at radius 1 is 1.08 bits per heavy atom. The fraction of sp³-hybridized carbons (Fsp3) is 0.333. The molecule has 11 heteroatoms. The van der Waals surface area contributed by atoms with Crippen LogP contribution in [0.1, 0.15) is 6.42 Å². The summed E-state index contributed by atoms with van der Waals surface area (Å²) in [5, 5.41) is 2.31. The maximum absolute atomic E-state index is 13.7. The summed E-state index contributed by atoms with van der Waals surface area (Å²) in [7, 11) is 0. The summed E-state index contributed by atoms with van der Waals surface area (Å²) in [5.41, 5.74) is -2.35. The minimum absolute atomic E-state index is 0.00860. The molecule has 1 aromatic rings. The monoisotopic (exact) mass is 386 g/mol. The topological polar surface area (TPSA) is 41.5 Å². The molecule has 0 unspecified atom stereocenters. The molecule has 0 saturated heterocycles. The van der Waals surface area contributed by atoms with Crippen molar-refractivity contribution in [2.75, 3.05) is 5.32 Å². The molecule has 3 nitrogen and oxygen atoms in total. The lowest BCUT2D eigenvalue weighted by Gasteiger charge is -2.18. The van der Waals surface area contributed by atoms with Crippen LogP contribution in [0, 0.1) is 0 Å². The second kappa shape index (κ2) is 7.04. The summed E-state index contributed by atoms with van der Waals surface area (Å²) >= 11 is 0. The molecular formula is C15H10F8N2O. The number of nitrogens with one attached hydrogen (secondary N) is 1. The van der Waals surface area contributed by atoms with Gasteiger partial charge >= 0.3 is 24.7 Å². The van der Waals surface area contributed by atoms with E-state index in [1.807, 2.05) is 0 Å². The van der Waals surface area contributed by atoms with Crippen molar-refractivity contribution < 1.29 is 39.9 Å². The highest BCUT2D eigenvalue weighted by Crippen LogP contribution is 2.36. The lowest BCUT2D eigenvalue weighted by Crippen LogP contribution is -2.38. The van der Waals surface area contributed by atoms with Crippen LogP contribution in [0.15, 0.2) is 41.0 Å². The molecule has 2 rings (SSSR count). The molecule has 1 aromatic carbocycles. The molecule has 0 aromatic heterocycles. The number of fused-ring (bicyclic) bond motifs is 1. The first-order valence-corrected chi connectivity index (χ1v) is 6.97. The number of rotatable bonds is 5. The van der Waals surface area contributed by atoms with Crippen LogP contribution in [0.5, 0.6) is 0 Å². The number of carbonyl (C=O) groups excluding carboxylic acids is 1. The van der Waals surface area contributed by atoms with E-state index in [0.717, 1.165) is 0 Å².